The Labute approximate surface area is 119 Å². The summed E-state index contributed by atoms with van der Waals surface area (Å²) in [7, 11) is -1.65. The molecular weight excluding hydrogens is 282 g/mol. The Balaban J connectivity index is 2.42. The summed E-state index contributed by atoms with van der Waals surface area (Å²) in [6.07, 6.45) is 0.467. The van der Waals surface area contributed by atoms with Crippen LogP contribution in [0.15, 0.2) is 29.2 Å². The van der Waals surface area contributed by atoms with Crippen LogP contribution < -0.4 is 10.1 Å². The number of benzene rings is 1. The Kier molecular flexibility index (Phi) is 6.94. The summed E-state index contributed by atoms with van der Waals surface area (Å²) in [6.45, 7) is 1.70. The average molecular weight is 303 g/mol. The lowest BCUT2D eigenvalue weighted by atomic mass is 10.3. The van der Waals surface area contributed by atoms with E-state index in [1.165, 1.54) is 12.1 Å². The van der Waals surface area contributed by atoms with Crippen LogP contribution in [0.5, 0.6) is 5.75 Å². The van der Waals surface area contributed by atoms with Gasteiger partial charge in [0.1, 0.15) is 18.5 Å². The summed E-state index contributed by atoms with van der Waals surface area (Å²) in [5, 5.41) is 12.7. The minimum atomic E-state index is -3.25. The van der Waals surface area contributed by atoms with E-state index < -0.39 is 15.9 Å². The van der Waals surface area contributed by atoms with Crippen molar-refractivity contribution >= 4 is 9.84 Å². The predicted octanol–water partition coefficient (Wildman–Crippen LogP) is 0.0658. The molecule has 1 aromatic rings. The number of nitrogens with one attached hydrogen (secondary N) is 1. The fourth-order valence-corrected chi connectivity index (χ4v) is 2.14. The molecule has 7 heteroatoms. The third-order valence-electron chi connectivity index (χ3n) is 2.54. The van der Waals surface area contributed by atoms with Gasteiger partial charge < -0.3 is 19.9 Å². The predicted molar refractivity (Wildman–Crippen MR) is 75.8 cm³/mol. The van der Waals surface area contributed by atoms with Crippen molar-refractivity contribution in [2.24, 2.45) is 0 Å². The summed E-state index contributed by atoms with van der Waals surface area (Å²) in [4.78, 5) is 0.197. The van der Waals surface area contributed by atoms with Crippen molar-refractivity contribution in [1.82, 2.24) is 5.32 Å². The molecule has 1 rings (SSSR count). The Hall–Kier alpha value is -1.15. The van der Waals surface area contributed by atoms with Crippen LogP contribution in [0.25, 0.3) is 0 Å². The maximum absolute atomic E-state index is 11.4. The molecule has 0 fully saturated rings. The van der Waals surface area contributed by atoms with Crippen LogP contribution >= 0.6 is 0 Å². The Morgan fingerprint density at radius 3 is 2.80 bits per heavy atom. The van der Waals surface area contributed by atoms with Crippen LogP contribution in [0.1, 0.15) is 0 Å². The fraction of sp³-hybridized carbons (Fsp3) is 0.538. The van der Waals surface area contributed by atoms with Crippen molar-refractivity contribution < 1.29 is 23.0 Å². The molecule has 0 heterocycles. The van der Waals surface area contributed by atoms with Gasteiger partial charge in [-0.1, -0.05) is 6.07 Å². The highest BCUT2D eigenvalue weighted by molar-refractivity contribution is 7.90. The molecule has 0 spiro atoms. The van der Waals surface area contributed by atoms with Gasteiger partial charge in [-0.05, 0) is 18.2 Å². The topological polar surface area (TPSA) is 84.9 Å². The molecule has 6 nitrogen and oxygen atoms in total. The summed E-state index contributed by atoms with van der Waals surface area (Å²) in [6, 6.07) is 6.21. The number of hydrogen-bond acceptors (Lipinski definition) is 6. The van der Waals surface area contributed by atoms with Gasteiger partial charge in [-0.2, -0.15) is 0 Å². The fourth-order valence-electron chi connectivity index (χ4n) is 1.49. The molecule has 0 aliphatic heterocycles. The molecule has 2 N–H and O–H groups in total. The molecule has 0 aliphatic carbocycles. The second kappa shape index (κ2) is 8.21. The van der Waals surface area contributed by atoms with Crippen molar-refractivity contribution in [3.63, 3.8) is 0 Å². The van der Waals surface area contributed by atoms with Crippen LogP contribution in [-0.2, 0) is 14.6 Å². The second-order valence-corrected chi connectivity index (χ2v) is 6.42. The molecule has 1 aromatic carbocycles. The highest BCUT2D eigenvalue weighted by Gasteiger charge is 2.09. The minimum absolute atomic E-state index is 0.0905. The Morgan fingerprint density at radius 1 is 1.40 bits per heavy atom. The first-order valence-corrected chi connectivity index (χ1v) is 8.13. The number of rotatable bonds is 9. The van der Waals surface area contributed by atoms with Gasteiger partial charge in [0.15, 0.2) is 9.84 Å². The van der Waals surface area contributed by atoms with Gasteiger partial charge in [-0.15, -0.1) is 0 Å². The summed E-state index contributed by atoms with van der Waals surface area (Å²) in [5.41, 5.74) is 0. The quantitative estimate of drug-likeness (QED) is 0.628. The van der Waals surface area contributed by atoms with Gasteiger partial charge in [0.25, 0.3) is 0 Å². The van der Waals surface area contributed by atoms with Crippen LogP contribution in [0.4, 0.5) is 0 Å². The molecule has 1 atom stereocenters. The molecule has 0 aliphatic rings. The number of sulfone groups is 1. The van der Waals surface area contributed by atoms with Gasteiger partial charge in [0, 0.05) is 26.5 Å². The van der Waals surface area contributed by atoms with Gasteiger partial charge in [0.05, 0.1) is 11.5 Å². The minimum Gasteiger partial charge on any atom is -0.491 e. The molecule has 0 bridgehead atoms. The summed E-state index contributed by atoms with van der Waals surface area (Å²) >= 11 is 0. The zero-order valence-electron chi connectivity index (χ0n) is 11.7. The highest BCUT2D eigenvalue weighted by atomic mass is 32.2. The van der Waals surface area contributed by atoms with E-state index in [1.54, 1.807) is 19.2 Å². The second-order valence-electron chi connectivity index (χ2n) is 4.41. The normalized spacial score (nSPS) is 13.2. The van der Waals surface area contributed by atoms with E-state index in [9.17, 15) is 13.5 Å². The molecule has 0 amide bonds. The van der Waals surface area contributed by atoms with E-state index in [4.69, 9.17) is 9.47 Å². The van der Waals surface area contributed by atoms with Crippen LogP contribution in [0, 0.1) is 0 Å². The first-order valence-electron chi connectivity index (χ1n) is 6.24. The first-order chi connectivity index (χ1) is 9.43. The van der Waals surface area contributed by atoms with Crippen LogP contribution in [-0.4, -0.2) is 59.3 Å². The van der Waals surface area contributed by atoms with E-state index in [0.29, 0.717) is 25.4 Å². The lowest BCUT2D eigenvalue weighted by Gasteiger charge is -2.13. The van der Waals surface area contributed by atoms with Gasteiger partial charge in [0.2, 0.25) is 0 Å². The lowest BCUT2D eigenvalue weighted by molar-refractivity contribution is 0.103. The summed E-state index contributed by atoms with van der Waals surface area (Å²) < 4.78 is 33.0. The van der Waals surface area contributed by atoms with E-state index >= 15 is 0 Å². The molecule has 0 saturated carbocycles. The van der Waals surface area contributed by atoms with Crippen molar-refractivity contribution in [2.75, 3.05) is 39.7 Å². The van der Waals surface area contributed by atoms with Crippen molar-refractivity contribution in [2.45, 2.75) is 11.0 Å². The van der Waals surface area contributed by atoms with E-state index in [1.807, 2.05) is 0 Å². The molecule has 20 heavy (non-hydrogen) atoms. The third kappa shape index (κ3) is 6.33. The number of ether oxygens (including phenoxy) is 2. The van der Waals surface area contributed by atoms with Crippen molar-refractivity contribution in [1.29, 1.82) is 0 Å². The maximum atomic E-state index is 11.4. The van der Waals surface area contributed by atoms with Gasteiger partial charge in [-0.25, -0.2) is 8.42 Å². The number of hydrogen-bond donors (Lipinski definition) is 2. The maximum Gasteiger partial charge on any atom is 0.175 e. The number of aliphatic hydroxyl groups excluding tert-OH is 1. The lowest BCUT2D eigenvalue weighted by Crippen LogP contribution is -2.33. The molecular formula is C13H21NO5S. The van der Waals surface area contributed by atoms with E-state index in [2.05, 4.69) is 5.32 Å². The van der Waals surface area contributed by atoms with Crippen LogP contribution in [0.3, 0.4) is 0 Å². The smallest absolute Gasteiger partial charge is 0.175 e. The molecule has 0 saturated heterocycles. The molecule has 0 radical (unpaired) electrons. The zero-order chi connectivity index (χ0) is 15.0. The third-order valence-corrected chi connectivity index (χ3v) is 3.65. The van der Waals surface area contributed by atoms with Crippen molar-refractivity contribution in [3.8, 4) is 5.75 Å². The van der Waals surface area contributed by atoms with Gasteiger partial charge in [-0.3, -0.25) is 0 Å². The monoisotopic (exact) mass is 303 g/mol. The van der Waals surface area contributed by atoms with Gasteiger partial charge >= 0.3 is 0 Å². The van der Waals surface area contributed by atoms with Crippen LogP contribution in [0.2, 0.25) is 0 Å². The van der Waals surface area contributed by atoms with E-state index in [0.717, 1.165) is 6.26 Å². The van der Waals surface area contributed by atoms with Crippen molar-refractivity contribution in [3.05, 3.63) is 24.3 Å². The standard InChI is InChI=1S/C13H21NO5S/c1-18-7-6-14-9-11(15)10-19-12-4-3-5-13(8-12)20(2,16)17/h3-5,8,11,14-15H,6-7,9-10H2,1-2H3. The molecule has 114 valence electrons. The first kappa shape index (κ1) is 16.9. The Morgan fingerprint density at radius 2 is 2.15 bits per heavy atom. The molecule has 1 unspecified atom stereocenters. The molecule has 0 aromatic heterocycles. The average Bonchev–Trinajstić information content (AvgIpc) is 2.41. The zero-order valence-corrected chi connectivity index (χ0v) is 12.5. The van der Waals surface area contributed by atoms with E-state index in [-0.39, 0.29) is 11.5 Å². The number of methoxy groups -OCH3 is 1. The Bertz CT molecular complexity index is 503. The summed E-state index contributed by atoms with van der Waals surface area (Å²) in [5.74, 6) is 0.420. The SMILES string of the molecule is COCCNCC(O)COc1cccc(S(C)(=O)=O)c1. The highest BCUT2D eigenvalue weighted by Crippen LogP contribution is 2.17. The number of aliphatic hydroxyl groups is 1. The largest absolute Gasteiger partial charge is 0.491 e.